The van der Waals surface area contributed by atoms with Crippen LogP contribution in [0.15, 0.2) is 0 Å². The minimum Gasteiger partial charge on any atom is -0.356 e. The number of nitrogens with zero attached hydrogens (tertiary/aromatic N) is 2. The number of halogens is 3. The Morgan fingerprint density at radius 2 is 1.79 bits per heavy atom. The number of hydrogen-bond donors (Lipinski definition) is 4. The van der Waals surface area contributed by atoms with E-state index in [0.29, 0.717) is 13.0 Å². The molecule has 0 aromatic carbocycles. The summed E-state index contributed by atoms with van der Waals surface area (Å²) in [5, 5.41) is 16.9. The molecule has 0 spiro atoms. The van der Waals surface area contributed by atoms with Gasteiger partial charge in [-0.25, -0.2) is 5.01 Å². The van der Waals surface area contributed by atoms with Gasteiger partial charge in [0.25, 0.3) is 5.91 Å². The van der Waals surface area contributed by atoms with Crippen LogP contribution in [0.3, 0.4) is 0 Å². The number of hydrogen-bond acceptors (Lipinski definition) is 6. The monoisotopic (exact) mass is 476 g/mol. The van der Waals surface area contributed by atoms with E-state index in [2.05, 4.69) is 16.1 Å². The van der Waals surface area contributed by atoms with Crippen LogP contribution in [0.4, 0.5) is 13.2 Å². The summed E-state index contributed by atoms with van der Waals surface area (Å²) in [7, 11) is 0. The maximum atomic E-state index is 12.8. The molecule has 0 aromatic rings. The summed E-state index contributed by atoms with van der Waals surface area (Å²) in [5.74, 6) is -4.86. The average molecular weight is 477 g/mol. The van der Waals surface area contributed by atoms with Gasteiger partial charge in [-0.15, -0.1) is 0 Å². The number of hydrazine groups is 1. The van der Waals surface area contributed by atoms with Crippen molar-refractivity contribution in [3.63, 3.8) is 0 Å². The second-order valence-corrected chi connectivity index (χ2v) is 9.42. The van der Waals surface area contributed by atoms with E-state index in [1.807, 2.05) is 0 Å². The molecule has 1 rings (SSSR count). The molecule has 0 saturated carbocycles. The first kappa shape index (κ1) is 28.0. The highest BCUT2D eigenvalue weighted by Crippen LogP contribution is 2.23. The molecule has 33 heavy (non-hydrogen) atoms. The molecule has 1 saturated heterocycles. The van der Waals surface area contributed by atoms with E-state index < -0.39 is 47.3 Å². The van der Waals surface area contributed by atoms with Crippen LogP contribution in [-0.2, 0) is 19.2 Å². The Hall–Kier alpha value is -3.04. The maximum Gasteiger partial charge on any atom is 0.471 e. The molecule has 0 aliphatic carbocycles. The first-order valence-electron chi connectivity index (χ1n) is 10.5. The van der Waals surface area contributed by atoms with Crippen molar-refractivity contribution in [3.8, 4) is 6.19 Å². The van der Waals surface area contributed by atoms with Gasteiger partial charge in [-0.1, -0.05) is 34.6 Å². The van der Waals surface area contributed by atoms with Crippen molar-refractivity contribution in [3.05, 3.63) is 0 Å². The van der Waals surface area contributed by atoms with Gasteiger partial charge in [-0.3, -0.25) is 24.6 Å². The van der Waals surface area contributed by atoms with Crippen molar-refractivity contribution in [1.29, 1.82) is 5.26 Å². The zero-order valence-electron chi connectivity index (χ0n) is 19.3. The van der Waals surface area contributed by atoms with Gasteiger partial charge in [0.2, 0.25) is 11.8 Å². The Kier molecular flexibility index (Phi) is 9.50. The second-order valence-electron chi connectivity index (χ2n) is 9.42. The number of amides is 4. The summed E-state index contributed by atoms with van der Waals surface area (Å²) in [6, 6.07) is -2.78. The van der Waals surface area contributed by atoms with Crippen LogP contribution in [0.2, 0.25) is 0 Å². The van der Waals surface area contributed by atoms with Gasteiger partial charge in [-0.2, -0.15) is 18.4 Å². The Morgan fingerprint density at radius 1 is 1.18 bits per heavy atom. The summed E-state index contributed by atoms with van der Waals surface area (Å²) in [5.41, 5.74) is 1.24. The van der Waals surface area contributed by atoms with Crippen LogP contribution < -0.4 is 21.4 Å². The molecule has 4 amide bonds. The Bertz CT molecular complexity index is 788. The predicted octanol–water partition coefficient (Wildman–Crippen LogP) is 0.561. The molecule has 3 atom stereocenters. The molecule has 0 aromatic heterocycles. The molecule has 0 unspecified atom stereocenters. The van der Waals surface area contributed by atoms with Crippen LogP contribution in [-0.4, -0.2) is 60.0 Å². The third kappa shape index (κ3) is 8.78. The molecular formula is C20H31F3N6O4. The number of carbonyl (C=O) groups excluding carboxylic acids is 4. The van der Waals surface area contributed by atoms with Crippen molar-refractivity contribution in [2.45, 2.75) is 65.7 Å². The zero-order valence-corrected chi connectivity index (χ0v) is 19.3. The van der Waals surface area contributed by atoms with E-state index in [1.54, 1.807) is 25.4 Å². The third-order valence-electron chi connectivity index (χ3n) is 4.93. The quantitative estimate of drug-likeness (QED) is 0.218. The van der Waals surface area contributed by atoms with E-state index in [4.69, 9.17) is 0 Å². The SMILES string of the molecule is CC(C)C[C@H](NC(=O)[C@@H](NC(=O)C(F)(F)F)C(C)(C)C)C(=O)NN(C#N)C[C@@H]1CCNC1=O. The third-order valence-corrected chi connectivity index (χ3v) is 4.93. The number of alkyl halides is 3. The van der Waals surface area contributed by atoms with Gasteiger partial charge in [-0.05, 0) is 24.2 Å². The first-order chi connectivity index (χ1) is 15.1. The van der Waals surface area contributed by atoms with Crippen molar-refractivity contribution < 1.29 is 32.3 Å². The van der Waals surface area contributed by atoms with Gasteiger partial charge in [0.05, 0.1) is 12.5 Å². The summed E-state index contributed by atoms with van der Waals surface area (Å²) < 4.78 is 38.2. The van der Waals surface area contributed by atoms with Crippen LogP contribution in [0.25, 0.3) is 0 Å². The molecule has 1 heterocycles. The average Bonchev–Trinajstić information content (AvgIpc) is 3.06. The lowest BCUT2D eigenvalue weighted by Gasteiger charge is -2.32. The molecule has 1 aliphatic heterocycles. The molecule has 0 bridgehead atoms. The molecule has 1 aliphatic rings. The van der Waals surface area contributed by atoms with Gasteiger partial charge < -0.3 is 16.0 Å². The molecule has 4 N–H and O–H groups in total. The number of nitriles is 1. The summed E-state index contributed by atoms with van der Waals surface area (Å²) >= 11 is 0. The molecule has 1 fully saturated rings. The highest BCUT2D eigenvalue weighted by Gasteiger charge is 2.44. The smallest absolute Gasteiger partial charge is 0.356 e. The highest BCUT2D eigenvalue weighted by atomic mass is 19.4. The highest BCUT2D eigenvalue weighted by molar-refractivity contribution is 5.93. The minimum absolute atomic E-state index is 0.0668. The lowest BCUT2D eigenvalue weighted by Crippen LogP contribution is -2.60. The van der Waals surface area contributed by atoms with Gasteiger partial charge >= 0.3 is 12.1 Å². The Labute approximate surface area is 190 Å². The van der Waals surface area contributed by atoms with Crippen molar-refractivity contribution in [2.75, 3.05) is 13.1 Å². The van der Waals surface area contributed by atoms with Crippen LogP contribution in [0, 0.1) is 28.7 Å². The predicted molar refractivity (Wildman–Crippen MR) is 110 cm³/mol. The number of carbonyl (C=O) groups is 4. The summed E-state index contributed by atoms with van der Waals surface area (Å²) in [6.07, 6.45) is -2.82. The Morgan fingerprint density at radius 3 is 2.21 bits per heavy atom. The van der Waals surface area contributed by atoms with E-state index in [1.165, 1.54) is 20.8 Å². The van der Waals surface area contributed by atoms with Gasteiger partial charge in [0.1, 0.15) is 12.1 Å². The first-order valence-corrected chi connectivity index (χ1v) is 10.5. The summed E-state index contributed by atoms with van der Waals surface area (Å²) in [4.78, 5) is 48.8. The molecule has 0 radical (unpaired) electrons. The van der Waals surface area contributed by atoms with Crippen molar-refractivity contribution in [1.82, 2.24) is 26.4 Å². The van der Waals surface area contributed by atoms with Gasteiger partial charge in [0, 0.05) is 6.54 Å². The number of rotatable bonds is 9. The number of nitrogens with one attached hydrogen (secondary N) is 4. The molecular weight excluding hydrogens is 445 g/mol. The van der Waals surface area contributed by atoms with E-state index >= 15 is 0 Å². The largest absolute Gasteiger partial charge is 0.471 e. The fourth-order valence-electron chi connectivity index (χ4n) is 3.21. The Balaban J connectivity index is 2.97. The minimum atomic E-state index is -5.18. The standard InChI is InChI=1S/C20H31F3N6O4/c1-11(2)8-13(16(31)28-29(10-24)9-12-6-7-25-15(12)30)26-17(32)14(19(3,4)5)27-18(33)20(21,22)23/h11-14H,6-9H2,1-5H3,(H,25,30)(H,26,32)(H,27,33)(H,28,31)/t12-,13-,14+/m0/s1. The zero-order chi connectivity index (χ0) is 25.6. The van der Waals surface area contributed by atoms with Crippen molar-refractivity contribution in [2.24, 2.45) is 17.3 Å². The normalized spacial score (nSPS) is 18.1. The topological polar surface area (TPSA) is 143 Å². The second kappa shape index (κ2) is 11.2. The summed E-state index contributed by atoms with van der Waals surface area (Å²) in [6.45, 7) is 8.33. The van der Waals surface area contributed by atoms with E-state index in [0.717, 1.165) is 5.01 Å². The van der Waals surface area contributed by atoms with E-state index in [-0.39, 0.29) is 24.8 Å². The lowest BCUT2D eigenvalue weighted by atomic mass is 9.85. The fraction of sp³-hybridized carbons (Fsp3) is 0.750. The lowest BCUT2D eigenvalue weighted by molar-refractivity contribution is -0.175. The van der Waals surface area contributed by atoms with Gasteiger partial charge in [0.15, 0.2) is 6.19 Å². The fourth-order valence-corrected chi connectivity index (χ4v) is 3.21. The van der Waals surface area contributed by atoms with E-state index in [9.17, 15) is 37.6 Å². The molecule has 10 nitrogen and oxygen atoms in total. The maximum absolute atomic E-state index is 12.8. The van der Waals surface area contributed by atoms with Crippen LogP contribution in [0.1, 0.15) is 47.5 Å². The van der Waals surface area contributed by atoms with Crippen molar-refractivity contribution >= 4 is 23.6 Å². The molecule has 13 heteroatoms. The molecule has 186 valence electrons. The van der Waals surface area contributed by atoms with Crippen LogP contribution >= 0.6 is 0 Å². The van der Waals surface area contributed by atoms with Crippen LogP contribution in [0.5, 0.6) is 0 Å².